The Labute approximate surface area is 246 Å². The molecular weight excluding hydrogens is 550 g/mol. The molecule has 0 aliphatic carbocycles. The van der Waals surface area contributed by atoms with Gasteiger partial charge in [0.05, 0.1) is 13.1 Å². The number of hydrogen-bond donors (Lipinski definition) is 1. The highest BCUT2D eigenvalue weighted by atomic mass is 16.3. The van der Waals surface area contributed by atoms with Gasteiger partial charge in [0.15, 0.2) is 11.4 Å². The minimum absolute atomic E-state index is 0.130. The lowest BCUT2D eigenvalue weighted by Gasteiger charge is -2.38. The number of nitrogens with zero attached hydrogens (tertiary/aromatic N) is 9. The molecule has 0 bridgehead atoms. The van der Waals surface area contributed by atoms with Crippen LogP contribution in [0.2, 0.25) is 0 Å². The molecule has 43 heavy (non-hydrogen) atoms. The van der Waals surface area contributed by atoms with E-state index in [0.717, 1.165) is 5.56 Å². The SMILES string of the molecule is Cn1nnc(C(c2ccccc2)N2CCN(C(=O)c3cc(-c4nc5cc(N6C(=O)CCC6O)ccc5o4)ccn3)CC2)n1. The van der Waals surface area contributed by atoms with Crippen molar-refractivity contribution in [1.82, 2.24) is 40.0 Å². The molecule has 2 saturated heterocycles. The molecule has 13 nitrogen and oxygen atoms in total. The number of oxazole rings is 1. The number of hydrogen-bond acceptors (Lipinski definition) is 10. The smallest absolute Gasteiger partial charge is 0.272 e. The maximum atomic E-state index is 13.5. The van der Waals surface area contributed by atoms with Crippen LogP contribution in [0.25, 0.3) is 22.6 Å². The lowest BCUT2D eigenvalue weighted by Crippen LogP contribution is -2.50. The maximum absolute atomic E-state index is 13.5. The number of carbonyl (C=O) groups excluding carboxylic acids is 2. The third-order valence-corrected chi connectivity index (χ3v) is 7.91. The Balaban J connectivity index is 1.07. The largest absolute Gasteiger partial charge is 0.436 e. The Hall–Kier alpha value is -5.01. The second-order valence-electron chi connectivity index (χ2n) is 10.7. The van der Waals surface area contributed by atoms with E-state index in [0.29, 0.717) is 78.8 Å². The topological polar surface area (TPSA) is 147 Å². The van der Waals surface area contributed by atoms with Crippen molar-refractivity contribution in [3.63, 3.8) is 0 Å². The van der Waals surface area contributed by atoms with E-state index in [1.54, 1.807) is 48.5 Å². The summed E-state index contributed by atoms with van der Waals surface area (Å²) in [6.45, 7) is 2.29. The number of rotatable bonds is 6. The van der Waals surface area contributed by atoms with Crippen molar-refractivity contribution in [1.29, 1.82) is 0 Å². The summed E-state index contributed by atoms with van der Waals surface area (Å²) in [5.74, 6) is 0.658. The van der Waals surface area contributed by atoms with Crippen molar-refractivity contribution >= 4 is 28.6 Å². The van der Waals surface area contributed by atoms with Gasteiger partial charge in [-0.1, -0.05) is 30.3 Å². The zero-order chi connectivity index (χ0) is 29.5. The number of tetrazole rings is 1. The van der Waals surface area contributed by atoms with Crippen LogP contribution in [0.5, 0.6) is 0 Å². The highest BCUT2D eigenvalue weighted by molar-refractivity contribution is 5.97. The zero-order valence-electron chi connectivity index (χ0n) is 23.4. The predicted octanol–water partition coefficient (Wildman–Crippen LogP) is 2.41. The molecule has 2 aliphatic heterocycles. The number of aromatic nitrogens is 6. The Morgan fingerprint density at radius 1 is 1.05 bits per heavy atom. The van der Waals surface area contributed by atoms with Gasteiger partial charge >= 0.3 is 0 Å². The van der Waals surface area contributed by atoms with Crippen molar-refractivity contribution in [2.75, 3.05) is 31.1 Å². The predicted molar refractivity (Wildman–Crippen MR) is 155 cm³/mol. The lowest BCUT2D eigenvalue weighted by atomic mass is 10.0. The van der Waals surface area contributed by atoms with E-state index < -0.39 is 6.23 Å². The van der Waals surface area contributed by atoms with Crippen molar-refractivity contribution in [3.05, 3.63) is 83.9 Å². The Morgan fingerprint density at radius 2 is 1.86 bits per heavy atom. The molecule has 5 aromatic rings. The summed E-state index contributed by atoms with van der Waals surface area (Å²) in [7, 11) is 1.75. The van der Waals surface area contributed by atoms with Gasteiger partial charge in [-0.05, 0) is 41.1 Å². The molecule has 2 amide bonds. The number of fused-ring (bicyclic) bond motifs is 1. The highest BCUT2D eigenvalue weighted by Gasteiger charge is 2.32. The first-order valence-corrected chi connectivity index (χ1v) is 14.1. The molecule has 13 heteroatoms. The molecule has 0 saturated carbocycles. The summed E-state index contributed by atoms with van der Waals surface area (Å²) in [6, 6.07) is 18.5. The van der Waals surface area contributed by atoms with Crippen molar-refractivity contribution in [2.45, 2.75) is 25.1 Å². The molecular formula is C30H29N9O4. The van der Waals surface area contributed by atoms with Crippen LogP contribution in [0.4, 0.5) is 5.69 Å². The molecule has 3 aromatic heterocycles. The summed E-state index contributed by atoms with van der Waals surface area (Å²) in [5.41, 5.74) is 3.63. The maximum Gasteiger partial charge on any atom is 0.272 e. The van der Waals surface area contributed by atoms with Gasteiger partial charge in [-0.2, -0.15) is 4.80 Å². The van der Waals surface area contributed by atoms with Gasteiger partial charge in [0.1, 0.15) is 17.4 Å². The molecule has 0 spiro atoms. The van der Waals surface area contributed by atoms with E-state index in [1.807, 2.05) is 18.2 Å². The Morgan fingerprint density at radius 3 is 2.58 bits per heavy atom. The first-order chi connectivity index (χ1) is 20.9. The van der Waals surface area contributed by atoms with Crippen LogP contribution in [0.1, 0.15) is 40.8 Å². The van der Waals surface area contributed by atoms with Crippen LogP contribution in [-0.2, 0) is 11.8 Å². The van der Waals surface area contributed by atoms with Crippen molar-refractivity contribution < 1.29 is 19.1 Å². The van der Waals surface area contributed by atoms with Gasteiger partial charge in [0, 0.05) is 56.5 Å². The number of benzene rings is 2. The minimum atomic E-state index is -0.847. The van der Waals surface area contributed by atoms with Crippen LogP contribution in [-0.4, -0.2) is 89.3 Å². The number of aryl methyl sites for hydroxylation is 1. The first kappa shape index (κ1) is 26.9. The number of piperazine rings is 1. The molecule has 2 atom stereocenters. The number of amides is 2. The number of anilines is 1. The number of carbonyl (C=O) groups is 2. The number of pyridine rings is 1. The zero-order valence-corrected chi connectivity index (χ0v) is 23.4. The second kappa shape index (κ2) is 11.0. The summed E-state index contributed by atoms with van der Waals surface area (Å²) >= 11 is 0. The quantitative estimate of drug-likeness (QED) is 0.318. The Kier molecular flexibility index (Phi) is 6.87. The average Bonchev–Trinajstić information content (AvgIpc) is 3.75. The van der Waals surface area contributed by atoms with E-state index in [4.69, 9.17) is 4.42 Å². The van der Waals surface area contributed by atoms with Gasteiger partial charge in [-0.15, -0.1) is 10.2 Å². The monoisotopic (exact) mass is 579 g/mol. The molecule has 218 valence electrons. The summed E-state index contributed by atoms with van der Waals surface area (Å²) in [5, 5.41) is 23.0. The molecule has 2 aromatic carbocycles. The molecule has 7 rings (SSSR count). The summed E-state index contributed by atoms with van der Waals surface area (Å²) < 4.78 is 5.98. The Bertz CT molecular complexity index is 1800. The van der Waals surface area contributed by atoms with Crippen molar-refractivity contribution in [2.24, 2.45) is 7.05 Å². The van der Waals surface area contributed by atoms with Gasteiger partial charge in [0.2, 0.25) is 11.8 Å². The van der Waals surface area contributed by atoms with E-state index in [9.17, 15) is 14.7 Å². The lowest BCUT2D eigenvalue weighted by molar-refractivity contribution is -0.117. The first-order valence-electron chi connectivity index (χ1n) is 14.1. The third-order valence-electron chi connectivity index (χ3n) is 7.91. The standard InChI is InChI=1S/C30H29N9O4/c1-36-34-28(33-35-36)27(19-5-3-2-4-6-19)37-13-15-38(16-14-37)30(42)23-17-20(11-12-31-23)29-32-22-18-21(7-8-24(22)43-29)39-25(40)9-10-26(39)41/h2-8,11-12,17-18,25,27,40H,9-10,13-16H2,1H3. The third kappa shape index (κ3) is 5.13. The highest BCUT2D eigenvalue weighted by Crippen LogP contribution is 2.31. The van der Waals surface area contributed by atoms with E-state index in [1.165, 1.54) is 9.70 Å². The summed E-state index contributed by atoms with van der Waals surface area (Å²) in [6.07, 6.45) is 1.43. The molecule has 2 fully saturated rings. The van der Waals surface area contributed by atoms with Crippen LogP contribution in [0.3, 0.4) is 0 Å². The van der Waals surface area contributed by atoms with Crippen LogP contribution in [0, 0.1) is 0 Å². The van der Waals surface area contributed by atoms with Gasteiger partial charge in [-0.25, -0.2) is 4.98 Å². The fourth-order valence-corrected chi connectivity index (χ4v) is 5.77. The molecule has 5 heterocycles. The fraction of sp³-hybridized carbons (Fsp3) is 0.300. The van der Waals surface area contributed by atoms with Crippen LogP contribution >= 0.6 is 0 Å². The molecule has 2 aliphatic rings. The van der Waals surface area contributed by atoms with E-state index >= 15 is 0 Å². The van der Waals surface area contributed by atoms with Crippen molar-refractivity contribution in [3.8, 4) is 11.5 Å². The summed E-state index contributed by atoms with van der Waals surface area (Å²) in [4.78, 5) is 41.6. The van der Waals surface area contributed by atoms with Gasteiger partial charge in [0.25, 0.3) is 5.91 Å². The molecule has 1 N–H and O–H groups in total. The minimum Gasteiger partial charge on any atom is -0.436 e. The van der Waals surface area contributed by atoms with Gasteiger partial charge < -0.3 is 14.4 Å². The van der Waals surface area contributed by atoms with Crippen LogP contribution < -0.4 is 4.90 Å². The second-order valence-corrected chi connectivity index (χ2v) is 10.7. The van der Waals surface area contributed by atoms with E-state index in [-0.39, 0.29) is 17.9 Å². The number of aliphatic hydroxyl groups is 1. The normalized spacial score (nSPS) is 18.5. The molecule has 2 unspecified atom stereocenters. The molecule has 0 radical (unpaired) electrons. The fourth-order valence-electron chi connectivity index (χ4n) is 5.77. The average molecular weight is 580 g/mol. The van der Waals surface area contributed by atoms with Crippen LogP contribution in [0.15, 0.2) is 71.3 Å². The van der Waals surface area contributed by atoms with Gasteiger partial charge in [-0.3, -0.25) is 24.4 Å². The number of aliphatic hydroxyl groups excluding tert-OH is 1. The van der Waals surface area contributed by atoms with E-state index in [2.05, 4.69) is 42.4 Å².